The van der Waals surface area contributed by atoms with Gasteiger partial charge in [-0.15, -0.1) is 0 Å². The molecule has 1 aliphatic rings. The van der Waals surface area contributed by atoms with Crippen molar-refractivity contribution >= 4 is 21.7 Å². The molecule has 0 bridgehead atoms. The molecule has 2 nitrogen and oxygen atoms in total. The van der Waals surface area contributed by atoms with Crippen LogP contribution in [0.1, 0.15) is 44.1 Å². The minimum absolute atomic E-state index is 0.0878. The number of carbonyl (C=O) groups is 1. The second kappa shape index (κ2) is 5.24. The molecule has 2 rings (SSSR count). The van der Waals surface area contributed by atoms with E-state index < -0.39 is 5.92 Å². The molecule has 0 aliphatic heterocycles. The number of hydrogen-bond donors (Lipinski definition) is 0. The van der Waals surface area contributed by atoms with Crippen LogP contribution >= 0.6 is 15.9 Å². The first-order chi connectivity index (χ1) is 8.57. The smallest absolute Gasteiger partial charge is 0.160 e. The highest BCUT2D eigenvalue weighted by atomic mass is 79.9. The van der Waals surface area contributed by atoms with Crippen molar-refractivity contribution < 1.29 is 4.79 Å². The SMILES string of the molecule is CC1(C(=O)C(C#N)c2ccc(Br)cc2)CCCC1. The molecule has 0 spiro atoms. The number of carbonyl (C=O) groups excluding carboxylic acids is 1. The van der Waals surface area contributed by atoms with Crippen LogP contribution in [0, 0.1) is 16.7 Å². The van der Waals surface area contributed by atoms with Gasteiger partial charge in [-0.05, 0) is 30.5 Å². The third-order valence-corrected chi connectivity index (χ3v) is 4.43. The van der Waals surface area contributed by atoms with E-state index >= 15 is 0 Å². The molecule has 0 N–H and O–H groups in total. The van der Waals surface area contributed by atoms with Gasteiger partial charge in [0.1, 0.15) is 5.92 Å². The normalized spacial score (nSPS) is 19.2. The highest BCUT2D eigenvalue weighted by molar-refractivity contribution is 9.10. The maximum atomic E-state index is 12.5. The van der Waals surface area contributed by atoms with Gasteiger partial charge < -0.3 is 0 Å². The average molecular weight is 306 g/mol. The molecule has 0 heterocycles. The number of rotatable bonds is 3. The second-order valence-corrected chi connectivity index (χ2v) is 6.16. The first kappa shape index (κ1) is 13.3. The largest absolute Gasteiger partial charge is 0.297 e. The van der Waals surface area contributed by atoms with E-state index in [9.17, 15) is 10.1 Å². The number of ketones is 1. The average Bonchev–Trinajstić information content (AvgIpc) is 2.81. The molecule has 1 unspecified atom stereocenters. The number of hydrogen-bond acceptors (Lipinski definition) is 2. The van der Waals surface area contributed by atoms with Gasteiger partial charge in [-0.25, -0.2) is 0 Å². The molecule has 0 saturated heterocycles. The zero-order valence-electron chi connectivity index (χ0n) is 10.4. The fourth-order valence-electron chi connectivity index (χ4n) is 2.69. The molecular weight excluding hydrogens is 290 g/mol. The quantitative estimate of drug-likeness (QED) is 0.839. The Morgan fingerprint density at radius 2 is 1.89 bits per heavy atom. The van der Waals surface area contributed by atoms with Crippen molar-refractivity contribution in [1.82, 2.24) is 0 Å². The molecule has 0 aromatic heterocycles. The summed E-state index contributed by atoms with van der Waals surface area (Å²) in [6.07, 6.45) is 4.03. The molecule has 1 aliphatic carbocycles. The van der Waals surface area contributed by atoms with E-state index in [1.54, 1.807) is 0 Å². The lowest BCUT2D eigenvalue weighted by Gasteiger charge is -2.24. The van der Waals surface area contributed by atoms with Gasteiger partial charge in [0.05, 0.1) is 6.07 Å². The predicted octanol–water partition coefficient (Wildman–Crippen LogP) is 4.21. The summed E-state index contributed by atoms with van der Waals surface area (Å²) >= 11 is 3.36. The molecule has 0 amide bonds. The van der Waals surface area contributed by atoms with E-state index in [4.69, 9.17) is 0 Å². The van der Waals surface area contributed by atoms with Crippen LogP contribution < -0.4 is 0 Å². The Morgan fingerprint density at radius 3 is 2.39 bits per heavy atom. The number of halogens is 1. The van der Waals surface area contributed by atoms with Crippen LogP contribution in [0.4, 0.5) is 0 Å². The van der Waals surface area contributed by atoms with Gasteiger partial charge in [0.25, 0.3) is 0 Å². The lowest BCUT2D eigenvalue weighted by Crippen LogP contribution is -2.29. The first-order valence-electron chi connectivity index (χ1n) is 6.26. The van der Waals surface area contributed by atoms with Gasteiger partial charge in [-0.3, -0.25) is 4.79 Å². The van der Waals surface area contributed by atoms with Gasteiger partial charge in [0.2, 0.25) is 0 Å². The second-order valence-electron chi connectivity index (χ2n) is 5.25. The maximum Gasteiger partial charge on any atom is 0.160 e. The molecule has 3 heteroatoms. The van der Waals surface area contributed by atoms with Crippen LogP contribution in [-0.2, 0) is 4.79 Å². The van der Waals surface area contributed by atoms with Gasteiger partial charge in [-0.2, -0.15) is 5.26 Å². The third kappa shape index (κ3) is 2.49. The van der Waals surface area contributed by atoms with Crippen LogP contribution in [0.3, 0.4) is 0 Å². The molecule has 18 heavy (non-hydrogen) atoms. The summed E-state index contributed by atoms with van der Waals surface area (Å²) in [5, 5.41) is 9.31. The zero-order chi connectivity index (χ0) is 13.2. The molecule has 1 aromatic rings. The Morgan fingerprint density at radius 1 is 1.33 bits per heavy atom. The third-order valence-electron chi connectivity index (χ3n) is 3.90. The minimum Gasteiger partial charge on any atom is -0.297 e. The summed E-state index contributed by atoms with van der Waals surface area (Å²) < 4.78 is 0.961. The molecule has 1 fully saturated rings. The van der Waals surface area contributed by atoms with Crippen molar-refractivity contribution in [3.63, 3.8) is 0 Å². The summed E-state index contributed by atoms with van der Waals surface area (Å²) in [7, 11) is 0. The number of benzene rings is 1. The minimum atomic E-state index is -0.624. The molecule has 94 valence electrons. The van der Waals surface area contributed by atoms with Gasteiger partial charge in [0, 0.05) is 9.89 Å². The molecule has 1 atom stereocenters. The van der Waals surface area contributed by atoms with Gasteiger partial charge in [-0.1, -0.05) is 47.8 Å². The van der Waals surface area contributed by atoms with E-state index in [2.05, 4.69) is 22.0 Å². The van der Waals surface area contributed by atoms with Crippen molar-refractivity contribution in [2.45, 2.75) is 38.5 Å². The van der Waals surface area contributed by atoms with Crippen LogP contribution in [0.5, 0.6) is 0 Å². The number of nitrogens with zero attached hydrogens (tertiary/aromatic N) is 1. The summed E-state index contributed by atoms with van der Waals surface area (Å²) in [4.78, 5) is 12.5. The number of Topliss-reactive ketones (excluding diaryl/α,β-unsaturated/α-hetero) is 1. The molecule has 1 saturated carbocycles. The highest BCUT2D eigenvalue weighted by Gasteiger charge is 2.40. The van der Waals surface area contributed by atoms with Gasteiger partial charge in [0.15, 0.2) is 5.78 Å². The van der Waals surface area contributed by atoms with Crippen molar-refractivity contribution in [2.24, 2.45) is 5.41 Å². The van der Waals surface area contributed by atoms with Crippen LogP contribution in [0.15, 0.2) is 28.7 Å². The van der Waals surface area contributed by atoms with Crippen LogP contribution in [0.25, 0.3) is 0 Å². The Balaban J connectivity index is 2.26. The first-order valence-corrected chi connectivity index (χ1v) is 7.05. The lowest BCUT2D eigenvalue weighted by atomic mass is 9.76. The van der Waals surface area contributed by atoms with Crippen molar-refractivity contribution in [2.75, 3.05) is 0 Å². The summed E-state index contributed by atoms with van der Waals surface area (Å²) in [6, 6.07) is 9.64. The molecule has 0 radical (unpaired) electrons. The fraction of sp³-hybridized carbons (Fsp3) is 0.467. The summed E-state index contributed by atoms with van der Waals surface area (Å²) in [5.74, 6) is -0.536. The van der Waals surface area contributed by atoms with Crippen LogP contribution in [-0.4, -0.2) is 5.78 Å². The van der Waals surface area contributed by atoms with E-state index in [1.165, 1.54) is 0 Å². The maximum absolute atomic E-state index is 12.5. The molecule has 1 aromatic carbocycles. The predicted molar refractivity (Wildman–Crippen MR) is 74.1 cm³/mol. The van der Waals surface area contributed by atoms with Crippen LogP contribution in [0.2, 0.25) is 0 Å². The lowest BCUT2D eigenvalue weighted by molar-refractivity contribution is -0.128. The summed E-state index contributed by atoms with van der Waals surface area (Å²) in [5.41, 5.74) is 0.506. The van der Waals surface area contributed by atoms with Gasteiger partial charge >= 0.3 is 0 Å². The van der Waals surface area contributed by atoms with Crippen molar-refractivity contribution in [3.05, 3.63) is 34.3 Å². The van der Waals surface area contributed by atoms with Crippen molar-refractivity contribution in [3.8, 4) is 6.07 Å². The topological polar surface area (TPSA) is 40.9 Å². The Labute approximate surface area is 116 Å². The summed E-state index contributed by atoms with van der Waals surface area (Å²) in [6.45, 7) is 2.01. The monoisotopic (exact) mass is 305 g/mol. The van der Waals surface area contributed by atoms with Crippen molar-refractivity contribution in [1.29, 1.82) is 5.26 Å². The van der Waals surface area contributed by atoms with E-state index in [0.717, 1.165) is 35.7 Å². The number of nitriles is 1. The van der Waals surface area contributed by atoms with E-state index in [1.807, 2.05) is 31.2 Å². The van der Waals surface area contributed by atoms with E-state index in [-0.39, 0.29) is 11.2 Å². The Hall–Kier alpha value is -1.14. The highest BCUT2D eigenvalue weighted by Crippen LogP contribution is 2.42. The Bertz CT molecular complexity index is 480. The Kier molecular flexibility index (Phi) is 3.87. The zero-order valence-corrected chi connectivity index (χ0v) is 12.0. The standard InChI is InChI=1S/C15H16BrNO/c1-15(8-2-3-9-15)14(18)13(10-17)11-4-6-12(16)7-5-11/h4-7,13H,2-3,8-9H2,1H3. The van der Waals surface area contributed by atoms with E-state index in [0.29, 0.717) is 0 Å². The fourth-order valence-corrected chi connectivity index (χ4v) is 2.95. The molecular formula is C15H16BrNO.